The molecule has 1 saturated carbocycles. The molecule has 2 aliphatic rings. The normalized spacial score (nSPS) is 25.5. The van der Waals surface area contributed by atoms with Crippen molar-refractivity contribution in [1.82, 2.24) is 5.32 Å². The molecule has 0 aromatic heterocycles. The molecule has 3 N–H and O–H groups in total. The second-order valence-corrected chi connectivity index (χ2v) is 6.64. The van der Waals surface area contributed by atoms with Crippen LogP contribution in [-0.4, -0.2) is 18.6 Å². The van der Waals surface area contributed by atoms with E-state index in [0.717, 1.165) is 30.6 Å². The van der Waals surface area contributed by atoms with Gasteiger partial charge in [0.15, 0.2) is 5.96 Å². The van der Waals surface area contributed by atoms with Crippen LogP contribution >= 0.6 is 0 Å². The quantitative estimate of drug-likeness (QED) is 0.672. The Hall–Kier alpha value is -2.49. The van der Waals surface area contributed by atoms with Crippen LogP contribution in [0.25, 0.3) is 0 Å². The van der Waals surface area contributed by atoms with Gasteiger partial charge in [0.25, 0.3) is 0 Å². The van der Waals surface area contributed by atoms with E-state index in [-0.39, 0.29) is 6.04 Å². The van der Waals surface area contributed by atoms with Crippen molar-refractivity contribution in [3.8, 4) is 5.75 Å². The van der Waals surface area contributed by atoms with E-state index in [9.17, 15) is 0 Å². The van der Waals surface area contributed by atoms with E-state index in [0.29, 0.717) is 24.5 Å². The molecule has 1 aliphatic carbocycles. The van der Waals surface area contributed by atoms with Crippen LogP contribution in [0.4, 0.5) is 0 Å². The summed E-state index contributed by atoms with van der Waals surface area (Å²) in [6.07, 6.45) is 3.14. The highest BCUT2D eigenvalue weighted by molar-refractivity contribution is 5.79. The van der Waals surface area contributed by atoms with Gasteiger partial charge in [-0.1, -0.05) is 48.5 Å². The number of rotatable bonds is 4. The fourth-order valence-corrected chi connectivity index (χ4v) is 3.42. The van der Waals surface area contributed by atoms with Crippen LogP contribution in [0.3, 0.4) is 0 Å². The zero-order valence-corrected chi connectivity index (χ0v) is 13.7. The SMILES string of the molecule is NC(=NC1CCOc2ccccc21)NC1CC1Cc1ccccc1. The molecule has 1 fully saturated rings. The van der Waals surface area contributed by atoms with Gasteiger partial charge in [-0.2, -0.15) is 0 Å². The number of fused-ring (bicyclic) bond motifs is 1. The van der Waals surface area contributed by atoms with Crippen molar-refractivity contribution in [3.05, 3.63) is 65.7 Å². The van der Waals surface area contributed by atoms with Gasteiger partial charge in [-0.3, -0.25) is 0 Å². The molecule has 0 bridgehead atoms. The van der Waals surface area contributed by atoms with Gasteiger partial charge in [0.2, 0.25) is 0 Å². The van der Waals surface area contributed by atoms with Crippen molar-refractivity contribution in [3.63, 3.8) is 0 Å². The molecule has 124 valence electrons. The standard InChI is InChI=1S/C20H23N3O/c21-20(22-17-10-11-24-19-9-5-4-8-16(17)19)23-18-13-15(18)12-14-6-2-1-3-7-14/h1-9,15,17-18H,10-13H2,(H3,21,22,23). The summed E-state index contributed by atoms with van der Waals surface area (Å²) in [5.41, 5.74) is 8.68. The Kier molecular flexibility index (Phi) is 4.11. The number of hydrogen-bond acceptors (Lipinski definition) is 2. The fraction of sp³-hybridized carbons (Fsp3) is 0.350. The third kappa shape index (κ3) is 3.37. The van der Waals surface area contributed by atoms with Crippen molar-refractivity contribution in [2.24, 2.45) is 16.6 Å². The first kappa shape index (κ1) is 15.1. The zero-order chi connectivity index (χ0) is 16.4. The number of nitrogens with zero attached hydrogens (tertiary/aromatic N) is 1. The maximum atomic E-state index is 6.16. The van der Waals surface area contributed by atoms with Crippen LogP contribution in [0.15, 0.2) is 59.6 Å². The summed E-state index contributed by atoms with van der Waals surface area (Å²) in [7, 11) is 0. The summed E-state index contributed by atoms with van der Waals surface area (Å²) in [6, 6.07) is 19.2. The molecule has 0 saturated heterocycles. The Morgan fingerprint density at radius 3 is 2.79 bits per heavy atom. The van der Waals surface area contributed by atoms with E-state index in [1.807, 2.05) is 18.2 Å². The van der Waals surface area contributed by atoms with E-state index < -0.39 is 0 Å². The Morgan fingerprint density at radius 2 is 1.92 bits per heavy atom. The molecule has 3 atom stereocenters. The molecule has 0 spiro atoms. The maximum Gasteiger partial charge on any atom is 0.189 e. The molecule has 3 unspecified atom stereocenters. The van der Waals surface area contributed by atoms with Crippen molar-refractivity contribution < 1.29 is 4.74 Å². The molecular weight excluding hydrogens is 298 g/mol. The number of hydrogen-bond donors (Lipinski definition) is 2. The number of nitrogens with two attached hydrogens (primary N) is 1. The summed E-state index contributed by atoms with van der Waals surface area (Å²) in [6.45, 7) is 0.693. The first-order valence-corrected chi connectivity index (χ1v) is 8.65. The van der Waals surface area contributed by atoms with Crippen LogP contribution in [0.2, 0.25) is 0 Å². The van der Waals surface area contributed by atoms with Gasteiger partial charge in [0.05, 0.1) is 12.6 Å². The third-order valence-corrected chi connectivity index (χ3v) is 4.82. The Bertz CT molecular complexity index is 729. The minimum Gasteiger partial charge on any atom is -0.493 e. The summed E-state index contributed by atoms with van der Waals surface area (Å²) >= 11 is 0. The molecule has 0 amide bonds. The summed E-state index contributed by atoms with van der Waals surface area (Å²) in [5.74, 6) is 2.14. The molecule has 24 heavy (non-hydrogen) atoms. The lowest BCUT2D eigenvalue weighted by Gasteiger charge is -2.23. The number of ether oxygens (including phenoxy) is 1. The first-order valence-electron chi connectivity index (χ1n) is 8.65. The van der Waals surface area contributed by atoms with Crippen LogP contribution in [0, 0.1) is 5.92 Å². The largest absolute Gasteiger partial charge is 0.493 e. The van der Waals surface area contributed by atoms with Crippen molar-refractivity contribution in [2.45, 2.75) is 31.3 Å². The monoisotopic (exact) mass is 321 g/mol. The number of benzene rings is 2. The van der Waals surface area contributed by atoms with Crippen LogP contribution in [0.1, 0.15) is 30.0 Å². The van der Waals surface area contributed by atoms with Gasteiger partial charge >= 0.3 is 0 Å². The Morgan fingerprint density at radius 1 is 1.12 bits per heavy atom. The Labute approximate surface area is 142 Å². The number of para-hydroxylation sites is 1. The smallest absolute Gasteiger partial charge is 0.189 e. The van der Waals surface area contributed by atoms with Crippen molar-refractivity contribution in [2.75, 3.05) is 6.61 Å². The molecule has 1 heterocycles. The average Bonchev–Trinajstić information content (AvgIpc) is 3.33. The predicted octanol–water partition coefficient (Wildman–Crippen LogP) is 3.05. The molecule has 2 aromatic carbocycles. The lowest BCUT2D eigenvalue weighted by Crippen LogP contribution is -2.35. The molecule has 2 aromatic rings. The molecule has 4 nitrogen and oxygen atoms in total. The topological polar surface area (TPSA) is 59.6 Å². The average molecular weight is 321 g/mol. The molecule has 0 radical (unpaired) electrons. The van der Waals surface area contributed by atoms with Gasteiger partial charge in [-0.15, -0.1) is 0 Å². The van der Waals surface area contributed by atoms with Gasteiger partial charge in [-0.05, 0) is 30.4 Å². The number of guanidine groups is 1. The molecule has 4 heteroatoms. The fourth-order valence-electron chi connectivity index (χ4n) is 3.42. The minimum atomic E-state index is 0.0915. The minimum absolute atomic E-state index is 0.0915. The van der Waals surface area contributed by atoms with Crippen molar-refractivity contribution >= 4 is 5.96 Å². The van der Waals surface area contributed by atoms with E-state index in [1.165, 1.54) is 5.56 Å². The Balaban J connectivity index is 1.36. The van der Waals surface area contributed by atoms with Crippen LogP contribution in [-0.2, 0) is 6.42 Å². The van der Waals surface area contributed by atoms with E-state index in [4.69, 9.17) is 15.5 Å². The number of nitrogens with one attached hydrogen (secondary N) is 1. The number of aliphatic imine (C=N–C) groups is 1. The molecular formula is C20H23N3O. The van der Waals surface area contributed by atoms with Gasteiger partial charge in [0, 0.05) is 18.0 Å². The summed E-state index contributed by atoms with van der Waals surface area (Å²) in [5, 5.41) is 3.39. The third-order valence-electron chi connectivity index (χ3n) is 4.82. The van der Waals surface area contributed by atoms with Gasteiger partial charge < -0.3 is 15.8 Å². The first-order chi connectivity index (χ1) is 11.8. The highest BCUT2D eigenvalue weighted by Gasteiger charge is 2.37. The van der Waals surface area contributed by atoms with E-state index in [1.54, 1.807) is 0 Å². The summed E-state index contributed by atoms with van der Waals surface area (Å²) in [4.78, 5) is 4.70. The predicted molar refractivity (Wildman–Crippen MR) is 96.1 cm³/mol. The van der Waals surface area contributed by atoms with Gasteiger partial charge in [0.1, 0.15) is 5.75 Å². The van der Waals surface area contributed by atoms with Crippen LogP contribution < -0.4 is 15.8 Å². The zero-order valence-electron chi connectivity index (χ0n) is 13.7. The van der Waals surface area contributed by atoms with E-state index in [2.05, 4.69) is 41.7 Å². The molecule has 1 aliphatic heterocycles. The van der Waals surface area contributed by atoms with Crippen LogP contribution in [0.5, 0.6) is 5.75 Å². The second kappa shape index (κ2) is 6.56. The summed E-state index contributed by atoms with van der Waals surface area (Å²) < 4.78 is 5.68. The van der Waals surface area contributed by atoms with E-state index >= 15 is 0 Å². The lowest BCUT2D eigenvalue weighted by atomic mass is 10.0. The lowest BCUT2D eigenvalue weighted by molar-refractivity contribution is 0.269. The maximum absolute atomic E-state index is 6.16. The highest BCUT2D eigenvalue weighted by Crippen LogP contribution is 2.35. The highest BCUT2D eigenvalue weighted by atomic mass is 16.5. The van der Waals surface area contributed by atoms with Crippen molar-refractivity contribution in [1.29, 1.82) is 0 Å². The second-order valence-electron chi connectivity index (χ2n) is 6.64. The molecule has 4 rings (SSSR count). The van der Waals surface area contributed by atoms with Gasteiger partial charge in [-0.25, -0.2) is 4.99 Å².